The van der Waals surface area contributed by atoms with Gasteiger partial charge >= 0.3 is 5.97 Å². The van der Waals surface area contributed by atoms with Gasteiger partial charge in [0.1, 0.15) is 25.5 Å². The average molecular weight is 279 g/mol. The molecule has 1 aromatic rings. The van der Waals surface area contributed by atoms with Gasteiger partial charge in [-0.25, -0.2) is 0 Å². The maximum Gasteiger partial charge on any atom is 0.322 e. The number of rotatable bonds is 5. The first kappa shape index (κ1) is 13.7. The molecule has 0 radical (unpaired) electrons. The number of fused-ring (bicyclic) bond motifs is 1. The molecule has 1 amide bonds. The van der Waals surface area contributed by atoms with Crippen molar-refractivity contribution < 1.29 is 24.2 Å². The Balaban J connectivity index is 2.42. The lowest BCUT2D eigenvalue weighted by molar-refractivity contribution is -0.134. The lowest BCUT2D eigenvalue weighted by Gasteiger charge is -2.21. The first-order chi connectivity index (χ1) is 9.49. The largest absolute Gasteiger partial charge is 0.486 e. The number of anilines is 1. The van der Waals surface area contributed by atoms with E-state index in [4.69, 9.17) is 25.7 Å². The fourth-order valence-corrected chi connectivity index (χ4v) is 1.75. The summed E-state index contributed by atoms with van der Waals surface area (Å²) in [6.45, 7) is 0.370. The van der Waals surface area contributed by atoms with Crippen LogP contribution in [0.25, 0.3) is 0 Å². The van der Waals surface area contributed by atoms with Crippen LogP contribution in [0.2, 0.25) is 0 Å². The summed E-state index contributed by atoms with van der Waals surface area (Å²) in [5.74, 6) is -1.18. The van der Waals surface area contributed by atoms with Crippen molar-refractivity contribution in [3.05, 3.63) is 17.7 Å². The van der Waals surface area contributed by atoms with E-state index in [1.54, 1.807) is 0 Å². The number of nitrogens with one attached hydrogen (secondary N) is 2. The first-order valence-electron chi connectivity index (χ1n) is 5.77. The number of carbonyl (C=O) groups is 2. The molecule has 0 saturated carbocycles. The molecule has 1 heterocycles. The third-order valence-electron chi connectivity index (χ3n) is 2.63. The predicted octanol–water partition coefficient (Wildman–Crippen LogP) is -0.193. The van der Waals surface area contributed by atoms with Crippen molar-refractivity contribution in [1.82, 2.24) is 0 Å². The van der Waals surface area contributed by atoms with Crippen molar-refractivity contribution in [2.45, 2.75) is 0 Å². The molecule has 0 aliphatic carbocycles. The number of carboxylic acids is 1. The van der Waals surface area contributed by atoms with Crippen LogP contribution in [0.3, 0.4) is 0 Å². The van der Waals surface area contributed by atoms with E-state index in [-0.39, 0.29) is 17.8 Å². The van der Waals surface area contributed by atoms with Crippen LogP contribution >= 0.6 is 0 Å². The predicted molar refractivity (Wildman–Crippen MR) is 69.6 cm³/mol. The van der Waals surface area contributed by atoms with Crippen molar-refractivity contribution in [3.63, 3.8) is 0 Å². The molecule has 0 atom stereocenters. The van der Waals surface area contributed by atoms with Crippen LogP contribution in [-0.4, -0.2) is 42.5 Å². The van der Waals surface area contributed by atoms with Crippen molar-refractivity contribution in [3.8, 4) is 11.5 Å². The highest BCUT2D eigenvalue weighted by molar-refractivity contribution is 6.44. The Hall–Kier alpha value is -2.77. The summed E-state index contributed by atoms with van der Waals surface area (Å²) in [5, 5.41) is 19.0. The van der Waals surface area contributed by atoms with E-state index in [1.807, 2.05) is 0 Å². The number of amides is 1. The minimum atomic E-state index is -1.07. The van der Waals surface area contributed by atoms with Gasteiger partial charge in [0.15, 0.2) is 11.5 Å². The standard InChI is InChI=1S/C12H13N3O5/c13-11(12(14)18)6-3-8-9(20-2-1-19-8)4-7(6)15-5-10(16)17/h3-4,13,15H,1-2,5H2,(H2,14,18)(H,16,17). The molecule has 106 valence electrons. The minimum absolute atomic E-state index is 0.169. The number of ether oxygens (including phenoxy) is 2. The number of hydrogen-bond acceptors (Lipinski definition) is 6. The van der Waals surface area contributed by atoms with Crippen molar-refractivity contribution in [1.29, 1.82) is 5.41 Å². The SMILES string of the molecule is N=C(C(N)=O)c1cc2c(cc1NCC(=O)O)OCCO2. The van der Waals surface area contributed by atoms with E-state index in [0.29, 0.717) is 24.7 Å². The van der Waals surface area contributed by atoms with E-state index >= 15 is 0 Å². The van der Waals surface area contributed by atoms with Gasteiger partial charge in [0.2, 0.25) is 0 Å². The summed E-state index contributed by atoms with van der Waals surface area (Å²) in [7, 11) is 0. The molecule has 1 aromatic carbocycles. The minimum Gasteiger partial charge on any atom is -0.486 e. The van der Waals surface area contributed by atoms with Crippen LogP contribution in [0, 0.1) is 5.41 Å². The molecule has 1 aliphatic rings. The zero-order chi connectivity index (χ0) is 14.7. The smallest absolute Gasteiger partial charge is 0.322 e. The Labute approximate surface area is 114 Å². The van der Waals surface area contributed by atoms with E-state index in [0.717, 1.165) is 0 Å². The summed E-state index contributed by atoms with van der Waals surface area (Å²) in [5.41, 5.74) is 5.10. The van der Waals surface area contributed by atoms with Crippen LogP contribution in [-0.2, 0) is 9.59 Å². The maximum atomic E-state index is 11.1. The summed E-state index contributed by atoms with van der Waals surface area (Å²) >= 11 is 0. The van der Waals surface area contributed by atoms with Crippen LogP contribution in [0.4, 0.5) is 5.69 Å². The Morgan fingerprint density at radius 1 is 1.30 bits per heavy atom. The number of primary amides is 1. The number of hydrogen-bond donors (Lipinski definition) is 4. The Morgan fingerprint density at radius 2 is 1.90 bits per heavy atom. The molecule has 8 nitrogen and oxygen atoms in total. The zero-order valence-electron chi connectivity index (χ0n) is 10.4. The Bertz CT molecular complexity index is 585. The fourth-order valence-electron chi connectivity index (χ4n) is 1.75. The molecule has 0 saturated heterocycles. The van der Waals surface area contributed by atoms with Crippen LogP contribution in [0.15, 0.2) is 12.1 Å². The van der Waals surface area contributed by atoms with Gasteiger partial charge in [0, 0.05) is 17.3 Å². The summed E-state index contributed by atoms with van der Waals surface area (Å²) in [6.07, 6.45) is 0. The third kappa shape index (κ3) is 2.79. The number of nitrogens with two attached hydrogens (primary N) is 1. The Kier molecular flexibility index (Phi) is 3.74. The average Bonchev–Trinajstić information content (AvgIpc) is 2.43. The summed E-state index contributed by atoms with van der Waals surface area (Å²) in [6, 6.07) is 2.93. The highest BCUT2D eigenvalue weighted by Gasteiger charge is 2.20. The number of carboxylic acid groups (broad SMARTS) is 1. The third-order valence-corrected chi connectivity index (χ3v) is 2.63. The zero-order valence-corrected chi connectivity index (χ0v) is 10.4. The van der Waals surface area contributed by atoms with E-state index in [9.17, 15) is 9.59 Å². The topological polar surface area (TPSA) is 135 Å². The normalized spacial score (nSPS) is 12.6. The second-order valence-corrected chi connectivity index (χ2v) is 4.03. The fraction of sp³-hybridized carbons (Fsp3) is 0.250. The van der Waals surface area contributed by atoms with Gasteiger partial charge in [-0.05, 0) is 6.07 Å². The molecule has 0 unspecified atom stereocenters. The molecule has 1 aliphatic heterocycles. The number of aliphatic carboxylic acids is 1. The van der Waals surface area contributed by atoms with Crippen LogP contribution < -0.4 is 20.5 Å². The molecule has 20 heavy (non-hydrogen) atoms. The van der Waals surface area contributed by atoms with E-state index < -0.39 is 17.6 Å². The van der Waals surface area contributed by atoms with Gasteiger partial charge in [0.25, 0.3) is 5.91 Å². The van der Waals surface area contributed by atoms with Crippen LogP contribution in [0.5, 0.6) is 11.5 Å². The maximum absolute atomic E-state index is 11.1. The molecule has 2 rings (SSSR count). The van der Waals surface area contributed by atoms with E-state index in [2.05, 4.69) is 5.32 Å². The van der Waals surface area contributed by atoms with E-state index in [1.165, 1.54) is 12.1 Å². The lowest BCUT2D eigenvalue weighted by atomic mass is 10.1. The molecule has 0 bridgehead atoms. The molecular formula is C12H13N3O5. The summed E-state index contributed by atoms with van der Waals surface area (Å²) in [4.78, 5) is 21.8. The van der Waals surface area contributed by atoms with Crippen molar-refractivity contribution in [2.75, 3.05) is 25.1 Å². The second kappa shape index (κ2) is 5.47. The van der Waals surface area contributed by atoms with Gasteiger partial charge in [-0.1, -0.05) is 0 Å². The van der Waals surface area contributed by atoms with Gasteiger partial charge in [-0.15, -0.1) is 0 Å². The van der Waals surface area contributed by atoms with Gasteiger partial charge in [-0.3, -0.25) is 15.0 Å². The molecule has 0 fully saturated rings. The first-order valence-corrected chi connectivity index (χ1v) is 5.77. The van der Waals surface area contributed by atoms with Crippen molar-refractivity contribution in [2.24, 2.45) is 5.73 Å². The highest BCUT2D eigenvalue weighted by Crippen LogP contribution is 2.35. The monoisotopic (exact) mass is 279 g/mol. The van der Waals surface area contributed by atoms with Gasteiger partial charge in [-0.2, -0.15) is 0 Å². The van der Waals surface area contributed by atoms with Crippen molar-refractivity contribution >= 4 is 23.3 Å². The number of carbonyl (C=O) groups excluding carboxylic acids is 1. The molecule has 8 heteroatoms. The number of benzene rings is 1. The molecule has 0 aromatic heterocycles. The van der Waals surface area contributed by atoms with Gasteiger partial charge in [0.05, 0.1) is 0 Å². The quantitative estimate of drug-likeness (QED) is 0.552. The van der Waals surface area contributed by atoms with Crippen LogP contribution in [0.1, 0.15) is 5.56 Å². The highest BCUT2D eigenvalue weighted by atomic mass is 16.6. The summed E-state index contributed by atoms with van der Waals surface area (Å²) < 4.78 is 10.7. The second-order valence-electron chi connectivity index (χ2n) is 4.03. The lowest BCUT2D eigenvalue weighted by Crippen LogP contribution is -2.25. The molecule has 5 N–H and O–H groups in total. The molecular weight excluding hydrogens is 266 g/mol. The van der Waals surface area contributed by atoms with Gasteiger partial charge < -0.3 is 25.6 Å². The molecule has 0 spiro atoms. The Morgan fingerprint density at radius 3 is 2.45 bits per heavy atom.